The molecule has 0 aliphatic heterocycles. The number of rotatable bonds is 8. The Morgan fingerprint density at radius 3 is 1.12 bits per heavy atom. The molecule has 3 heteroatoms. The summed E-state index contributed by atoms with van der Waals surface area (Å²) in [6.45, 7) is 15.7. The van der Waals surface area contributed by atoms with Gasteiger partial charge in [0.15, 0.2) is 0 Å². The van der Waals surface area contributed by atoms with Crippen molar-refractivity contribution in [2.24, 2.45) is 0 Å². The minimum absolute atomic E-state index is 0.0764. The van der Waals surface area contributed by atoms with Crippen LogP contribution in [0.15, 0.2) is 0 Å². The van der Waals surface area contributed by atoms with Crippen molar-refractivity contribution >= 4 is 0 Å². The average Bonchev–Trinajstić information content (AvgIpc) is 2.29. The van der Waals surface area contributed by atoms with Crippen LogP contribution in [0.25, 0.3) is 0 Å². The highest BCUT2D eigenvalue weighted by Crippen LogP contribution is 2.26. The molecular weight excluding hydrogens is 198 g/mol. The second-order valence-corrected chi connectivity index (χ2v) is 4.37. The molecule has 0 atom stereocenters. The summed E-state index contributed by atoms with van der Waals surface area (Å²) in [6, 6.07) is 0. The van der Waals surface area contributed by atoms with E-state index in [1.54, 1.807) is 0 Å². The maximum atomic E-state index is 2.56. The number of nitrogens with zero attached hydrogens (tertiary/aromatic N) is 3. The van der Waals surface area contributed by atoms with Gasteiger partial charge in [-0.25, -0.2) is 0 Å². The maximum absolute atomic E-state index is 2.56. The highest BCUT2D eigenvalue weighted by molar-refractivity contribution is 4.85. The monoisotopic (exact) mass is 229 g/mol. The smallest absolute Gasteiger partial charge is 0.130 e. The molecule has 0 saturated heterocycles. The van der Waals surface area contributed by atoms with Gasteiger partial charge in [-0.1, -0.05) is 34.6 Å². The standard InChI is InChI=1S/C13H31N3/c1-8-13(14(6)7,15(9-2)10-3)16(11-4)12-5/h8-12H2,1-7H3. The molecule has 98 valence electrons. The van der Waals surface area contributed by atoms with E-state index >= 15 is 0 Å². The van der Waals surface area contributed by atoms with Gasteiger partial charge in [0.1, 0.15) is 5.79 Å². The third-order valence-corrected chi connectivity index (χ3v) is 3.73. The lowest BCUT2D eigenvalue weighted by Gasteiger charge is -2.53. The zero-order valence-corrected chi connectivity index (χ0v) is 12.4. The van der Waals surface area contributed by atoms with E-state index in [2.05, 4.69) is 63.4 Å². The summed E-state index contributed by atoms with van der Waals surface area (Å²) >= 11 is 0. The van der Waals surface area contributed by atoms with E-state index in [0.29, 0.717) is 0 Å². The van der Waals surface area contributed by atoms with Crippen LogP contribution in [0.3, 0.4) is 0 Å². The molecule has 0 spiro atoms. The Labute approximate surface area is 102 Å². The minimum atomic E-state index is 0.0764. The molecule has 0 saturated carbocycles. The van der Waals surface area contributed by atoms with Crippen molar-refractivity contribution in [2.75, 3.05) is 40.3 Å². The summed E-state index contributed by atoms with van der Waals surface area (Å²) in [4.78, 5) is 7.48. The van der Waals surface area contributed by atoms with Gasteiger partial charge >= 0.3 is 0 Å². The fraction of sp³-hybridized carbons (Fsp3) is 1.00. The van der Waals surface area contributed by atoms with Crippen molar-refractivity contribution < 1.29 is 0 Å². The summed E-state index contributed by atoms with van der Waals surface area (Å²) in [5, 5.41) is 0. The van der Waals surface area contributed by atoms with Crippen LogP contribution in [0.1, 0.15) is 41.0 Å². The van der Waals surface area contributed by atoms with Gasteiger partial charge < -0.3 is 0 Å². The summed E-state index contributed by atoms with van der Waals surface area (Å²) in [7, 11) is 4.39. The van der Waals surface area contributed by atoms with Crippen LogP contribution < -0.4 is 0 Å². The fourth-order valence-corrected chi connectivity index (χ4v) is 2.99. The predicted octanol–water partition coefficient (Wildman–Crippen LogP) is 2.30. The third-order valence-electron chi connectivity index (χ3n) is 3.73. The first-order valence-corrected chi connectivity index (χ1v) is 6.72. The first kappa shape index (κ1) is 15.9. The van der Waals surface area contributed by atoms with Crippen molar-refractivity contribution in [1.29, 1.82) is 0 Å². The highest BCUT2D eigenvalue weighted by atomic mass is 15.5. The molecule has 0 amide bonds. The maximum Gasteiger partial charge on any atom is 0.130 e. The summed E-state index contributed by atoms with van der Waals surface area (Å²) < 4.78 is 0. The summed E-state index contributed by atoms with van der Waals surface area (Å²) in [6.07, 6.45) is 1.13. The Balaban J connectivity index is 5.27. The first-order valence-electron chi connectivity index (χ1n) is 6.72. The molecule has 0 heterocycles. The van der Waals surface area contributed by atoms with Gasteiger partial charge in [-0.2, -0.15) is 0 Å². The SMILES string of the molecule is CCN(CC)C(CC)(N(C)C)N(CC)CC. The molecule has 0 aliphatic rings. The Bertz CT molecular complexity index is 160. The van der Waals surface area contributed by atoms with Gasteiger partial charge in [-0.3, -0.25) is 14.7 Å². The molecule has 0 aliphatic carbocycles. The van der Waals surface area contributed by atoms with Crippen LogP contribution in [-0.2, 0) is 0 Å². The van der Waals surface area contributed by atoms with Crippen molar-refractivity contribution in [3.8, 4) is 0 Å². The quantitative estimate of drug-likeness (QED) is 0.591. The van der Waals surface area contributed by atoms with Crippen molar-refractivity contribution in [3.63, 3.8) is 0 Å². The molecule has 0 aromatic heterocycles. The lowest BCUT2D eigenvalue weighted by atomic mass is 10.1. The normalized spacial score (nSPS) is 13.1. The van der Waals surface area contributed by atoms with Gasteiger partial charge in [0.2, 0.25) is 0 Å². The Morgan fingerprint density at radius 2 is 1.00 bits per heavy atom. The van der Waals surface area contributed by atoms with Crippen LogP contribution in [0.2, 0.25) is 0 Å². The van der Waals surface area contributed by atoms with Crippen LogP contribution in [-0.4, -0.2) is 60.8 Å². The molecule has 0 unspecified atom stereocenters. The zero-order valence-electron chi connectivity index (χ0n) is 12.4. The molecule has 0 N–H and O–H groups in total. The molecule has 0 aromatic carbocycles. The van der Waals surface area contributed by atoms with E-state index < -0.39 is 0 Å². The van der Waals surface area contributed by atoms with Gasteiger partial charge in [0, 0.05) is 0 Å². The lowest BCUT2D eigenvalue weighted by molar-refractivity contribution is -0.148. The molecule has 0 aromatic rings. The average molecular weight is 229 g/mol. The number of hydrogen-bond acceptors (Lipinski definition) is 3. The van der Waals surface area contributed by atoms with Crippen molar-refractivity contribution in [1.82, 2.24) is 14.7 Å². The Kier molecular flexibility index (Phi) is 7.20. The van der Waals surface area contributed by atoms with Crippen LogP contribution in [0.4, 0.5) is 0 Å². The second-order valence-electron chi connectivity index (χ2n) is 4.37. The van der Waals surface area contributed by atoms with Crippen LogP contribution in [0.5, 0.6) is 0 Å². The third kappa shape index (κ3) is 2.76. The van der Waals surface area contributed by atoms with Gasteiger partial charge in [0.25, 0.3) is 0 Å². The van der Waals surface area contributed by atoms with Crippen LogP contribution >= 0.6 is 0 Å². The highest BCUT2D eigenvalue weighted by Gasteiger charge is 2.40. The van der Waals surface area contributed by atoms with Crippen molar-refractivity contribution in [3.05, 3.63) is 0 Å². The molecule has 3 nitrogen and oxygen atoms in total. The molecule has 16 heavy (non-hydrogen) atoms. The first-order chi connectivity index (χ1) is 7.54. The fourth-order valence-electron chi connectivity index (χ4n) is 2.99. The molecule has 0 rings (SSSR count). The summed E-state index contributed by atoms with van der Waals surface area (Å²) in [5.41, 5.74) is 0. The minimum Gasteiger partial charge on any atom is -0.279 e. The largest absolute Gasteiger partial charge is 0.279 e. The van der Waals surface area contributed by atoms with E-state index in [-0.39, 0.29) is 5.79 Å². The van der Waals surface area contributed by atoms with E-state index in [9.17, 15) is 0 Å². The van der Waals surface area contributed by atoms with Gasteiger partial charge in [-0.15, -0.1) is 0 Å². The summed E-state index contributed by atoms with van der Waals surface area (Å²) in [5.74, 6) is 0.0764. The second kappa shape index (κ2) is 7.25. The lowest BCUT2D eigenvalue weighted by Crippen LogP contribution is -2.67. The topological polar surface area (TPSA) is 9.72 Å². The van der Waals surface area contributed by atoms with Gasteiger partial charge in [-0.05, 0) is 46.7 Å². The van der Waals surface area contributed by atoms with Crippen LogP contribution in [0, 0.1) is 0 Å². The molecule has 0 radical (unpaired) electrons. The van der Waals surface area contributed by atoms with Crippen molar-refractivity contribution in [2.45, 2.75) is 46.8 Å². The predicted molar refractivity (Wildman–Crippen MR) is 72.6 cm³/mol. The van der Waals surface area contributed by atoms with E-state index in [0.717, 1.165) is 32.6 Å². The van der Waals surface area contributed by atoms with E-state index in [1.165, 1.54) is 0 Å². The van der Waals surface area contributed by atoms with E-state index in [1.807, 2.05) is 0 Å². The Morgan fingerprint density at radius 1 is 0.688 bits per heavy atom. The van der Waals surface area contributed by atoms with Gasteiger partial charge in [0.05, 0.1) is 0 Å². The Hall–Kier alpha value is -0.120. The molecular formula is C13H31N3. The number of hydrogen-bond donors (Lipinski definition) is 0. The van der Waals surface area contributed by atoms with E-state index in [4.69, 9.17) is 0 Å². The molecule has 0 fully saturated rings. The zero-order chi connectivity index (χ0) is 12.8. The molecule has 0 bridgehead atoms.